The Labute approximate surface area is 128 Å². The van der Waals surface area contributed by atoms with Gasteiger partial charge >= 0.3 is 0 Å². The standard InChI is InChI=1S/C17H15ClN2O/c18-15-3-1-2-14-11(4-6-19-17(14)15)8-13-9-12-5-7-20(13)10-16(12)21/h1-4,6,8,12H,5,7,9-10H2/b13-8-/t12-/m0/s1. The molecule has 5 rings (SSSR count). The van der Waals surface area contributed by atoms with Crippen molar-refractivity contribution in [3.63, 3.8) is 0 Å². The molecule has 4 heteroatoms. The smallest absolute Gasteiger partial charge is 0.155 e. The van der Waals surface area contributed by atoms with Crippen molar-refractivity contribution >= 4 is 34.4 Å². The van der Waals surface area contributed by atoms with Gasteiger partial charge < -0.3 is 4.90 Å². The summed E-state index contributed by atoms with van der Waals surface area (Å²) in [4.78, 5) is 18.4. The van der Waals surface area contributed by atoms with Gasteiger partial charge in [0.15, 0.2) is 5.78 Å². The van der Waals surface area contributed by atoms with E-state index in [9.17, 15) is 4.79 Å². The third-order valence-corrected chi connectivity index (χ3v) is 4.79. The Morgan fingerprint density at radius 1 is 1.33 bits per heavy atom. The Hall–Kier alpha value is -1.87. The van der Waals surface area contributed by atoms with Crippen molar-refractivity contribution in [2.24, 2.45) is 5.92 Å². The van der Waals surface area contributed by atoms with Crippen LogP contribution in [-0.4, -0.2) is 28.8 Å². The summed E-state index contributed by atoms with van der Waals surface area (Å²) in [5, 5.41) is 1.74. The molecule has 1 aromatic heterocycles. The van der Waals surface area contributed by atoms with Crippen LogP contribution in [0.4, 0.5) is 0 Å². The van der Waals surface area contributed by atoms with Crippen LogP contribution in [0.15, 0.2) is 36.2 Å². The van der Waals surface area contributed by atoms with Crippen LogP contribution >= 0.6 is 11.6 Å². The van der Waals surface area contributed by atoms with Gasteiger partial charge in [0.1, 0.15) is 0 Å². The van der Waals surface area contributed by atoms with Crippen LogP contribution < -0.4 is 0 Å². The second-order valence-corrected chi connectivity index (χ2v) is 6.16. The van der Waals surface area contributed by atoms with E-state index in [0.29, 0.717) is 17.4 Å². The van der Waals surface area contributed by atoms with Crippen molar-refractivity contribution in [3.8, 4) is 0 Å². The molecule has 1 aromatic carbocycles. The summed E-state index contributed by atoms with van der Waals surface area (Å²) in [5.74, 6) is 0.610. The first kappa shape index (κ1) is 12.8. The number of hydrogen-bond acceptors (Lipinski definition) is 3. The highest BCUT2D eigenvalue weighted by atomic mass is 35.5. The second-order valence-electron chi connectivity index (χ2n) is 5.75. The maximum Gasteiger partial charge on any atom is 0.155 e. The Kier molecular flexibility index (Phi) is 2.96. The van der Waals surface area contributed by atoms with E-state index in [4.69, 9.17) is 11.6 Å². The molecular weight excluding hydrogens is 284 g/mol. The number of halogens is 1. The number of Topliss-reactive ketones (excluding diaryl/α,β-unsaturated/α-hetero) is 1. The molecule has 106 valence electrons. The van der Waals surface area contributed by atoms with Gasteiger partial charge in [0.05, 0.1) is 17.1 Å². The van der Waals surface area contributed by atoms with Gasteiger partial charge in [-0.05, 0) is 36.6 Å². The molecule has 2 aromatic rings. The van der Waals surface area contributed by atoms with E-state index in [0.717, 1.165) is 35.9 Å². The zero-order valence-electron chi connectivity index (χ0n) is 11.6. The second kappa shape index (κ2) is 4.85. The van der Waals surface area contributed by atoms with E-state index >= 15 is 0 Å². The maximum atomic E-state index is 11.8. The molecule has 2 bridgehead atoms. The quantitative estimate of drug-likeness (QED) is 0.807. The van der Waals surface area contributed by atoms with Gasteiger partial charge in [-0.15, -0.1) is 0 Å². The predicted octanol–water partition coefficient (Wildman–Crippen LogP) is 3.52. The van der Waals surface area contributed by atoms with Crippen molar-refractivity contribution in [1.82, 2.24) is 9.88 Å². The Morgan fingerprint density at radius 2 is 2.24 bits per heavy atom. The zero-order valence-corrected chi connectivity index (χ0v) is 12.3. The highest BCUT2D eigenvalue weighted by Crippen LogP contribution is 2.34. The van der Waals surface area contributed by atoms with E-state index in [2.05, 4.69) is 16.0 Å². The van der Waals surface area contributed by atoms with Gasteiger partial charge in [0, 0.05) is 29.7 Å². The average Bonchev–Trinajstić information content (AvgIpc) is 2.50. The molecule has 3 fully saturated rings. The van der Waals surface area contributed by atoms with E-state index < -0.39 is 0 Å². The lowest BCUT2D eigenvalue weighted by Gasteiger charge is -2.41. The van der Waals surface area contributed by atoms with Gasteiger partial charge in [-0.25, -0.2) is 0 Å². The van der Waals surface area contributed by atoms with Crippen LogP contribution in [0.1, 0.15) is 18.4 Å². The molecule has 4 heterocycles. The van der Waals surface area contributed by atoms with Crippen LogP contribution in [0.5, 0.6) is 0 Å². The molecule has 0 spiro atoms. The molecule has 0 aliphatic carbocycles. The lowest BCUT2D eigenvalue weighted by atomic mass is 9.84. The minimum absolute atomic E-state index is 0.220. The number of carbonyl (C=O) groups is 1. The number of allylic oxidation sites excluding steroid dienone is 1. The first-order valence-corrected chi connectivity index (χ1v) is 7.61. The van der Waals surface area contributed by atoms with Gasteiger partial charge in [-0.3, -0.25) is 9.78 Å². The molecule has 0 saturated carbocycles. The number of pyridine rings is 1. The van der Waals surface area contributed by atoms with Gasteiger partial charge in [-0.2, -0.15) is 0 Å². The largest absolute Gasteiger partial charge is 0.367 e. The van der Waals surface area contributed by atoms with E-state index in [1.54, 1.807) is 6.20 Å². The molecule has 3 aliphatic heterocycles. The molecule has 0 N–H and O–H groups in total. The fraction of sp³-hybridized carbons (Fsp3) is 0.294. The monoisotopic (exact) mass is 298 g/mol. The van der Waals surface area contributed by atoms with Crippen LogP contribution in [0.25, 0.3) is 17.0 Å². The number of rotatable bonds is 1. The minimum Gasteiger partial charge on any atom is -0.367 e. The number of para-hydroxylation sites is 1. The fourth-order valence-corrected chi connectivity index (χ4v) is 3.55. The number of carbonyl (C=O) groups excluding carboxylic acids is 1. The Morgan fingerprint density at radius 3 is 3.00 bits per heavy atom. The highest BCUT2D eigenvalue weighted by Gasteiger charge is 2.35. The first-order valence-electron chi connectivity index (χ1n) is 7.24. The highest BCUT2D eigenvalue weighted by molar-refractivity contribution is 6.35. The van der Waals surface area contributed by atoms with Crippen molar-refractivity contribution in [2.75, 3.05) is 13.1 Å². The summed E-state index contributed by atoms with van der Waals surface area (Å²) in [6.07, 6.45) is 5.85. The van der Waals surface area contributed by atoms with Crippen molar-refractivity contribution in [2.45, 2.75) is 12.8 Å². The molecule has 0 radical (unpaired) electrons. The van der Waals surface area contributed by atoms with Crippen molar-refractivity contribution in [1.29, 1.82) is 0 Å². The summed E-state index contributed by atoms with van der Waals surface area (Å²) in [7, 11) is 0. The number of piperidine rings is 3. The normalized spacial score (nSPS) is 23.3. The van der Waals surface area contributed by atoms with Crippen LogP contribution in [0.3, 0.4) is 0 Å². The third-order valence-electron chi connectivity index (χ3n) is 4.49. The number of nitrogens with zero attached hydrogens (tertiary/aromatic N) is 2. The Balaban J connectivity index is 1.80. The number of aromatic nitrogens is 1. The Bertz CT molecular complexity index is 768. The number of fused-ring (bicyclic) bond motifs is 4. The summed E-state index contributed by atoms with van der Waals surface area (Å²) in [6.45, 7) is 1.56. The van der Waals surface area contributed by atoms with Crippen molar-refractivity contribution in [3.05, 3.63) is 46.7 Å². The van der Waals surface area contributed by atoms with E-state index in [-0.39, 0.29) is 5.92 Å². The third kappa shape index (κ3) is 2.12. The lowest BCUT2D eigenvalue weighted by Crippen LogP contribution is -2.46. The lowest BCUT2D eigenvalue weighted by molar-refractivity contribution is -0.128. The molecule has 21 heavy (non-hydrogen) atoms. The molecule has 3 nitrogen and oxygen atoms in total. The topological polar surface area (TPSA) is 33.2 Å². The summed E-state index contributed by atoms with van der Waals surface area (Å²) in [6, 6.07) is 7.86. The molecular formula is C17H15ClN2O. The number of ketones is 1. The summed E-state index contributed by atoms with van der Waals surface area (Å²) in [5.41, 5.74) is 3.22. The van der Waals surface area contributed by atoms with Crippen molar-refractivity contribution < 1.29 is 4.79 Å². The van der Waals surface area contributed by atoms with Gasteiger partial charge in [0.2, 0.25) is 0 Å². The zero-order chi connectivity index (χ0) is 14.4. The molecule has 3 saturated heterocycles. The molecule has 3 aliphatic rings. The van der Waals surface area contributed by atoms with Crippen LogP contribution in [-0.2, 0) is 4.79 Å². The predicted molar refractivity (Wildman–Crippen MR) is 84.0 cm³/mol. The average molecular weight is 299 g/mol. The van der Waals surface area contributed by atoms with Crippen LogP contribution in [0, 0.1) is 5.92 Å². The van der Waals surface area contributed by atoms with E-state index in [1.807, 2.05) is 24.3 Å². The minimum atomic E-state index is 0.220. The fourth-order valence-electron chi connectivity index (χ4n) is 3.33. The molecule has 1 atom stereocenters. The summed E-state index contributed by atoms with van der Waals surface area (Å²) < 4.78 is 0. The first-order chi connectivity index (χ1) is 10.2. The SMILES string of the molecule is O=C1CN2CC[C@H]1C/C2=C/c1ccnc2c(Cl)cccc12. The summed E-state index contributed by atoms with van der Waals surface area (Å²) >= 11 is 6.22. The van der Waals surface area contributed by atoms with Gasteiger partial charge in [0.25, 0.3) is 0 Å². The van der Waals surface area contributed by atoms with Gasteiger partial charge in [-0.1, -0.05) is 23.7 Å². The molecule has 0 unspecified atom stereocenters. The number of hydrogen-bond donors (Lipinski definition) is 0. The van der Waals surface area contributed by atoms with Crippen LogP contribution in [0.2, 0.25) is 5.02 Å². The number of benzene rings is 1. The maximum absolute atomic E-state index is 11.8. The van der Waals surface area contributed by atoms with E-state index in [1.165, 1.54) is 5.70 Å². The molecule has 0 amide bonds.